The van der Waals surface area contributed by atoms with Gasteiger partial charge in [0.05, 0.1) is 6.04 Å². The van der Waals surface area contributed by atoms with Gasteiger partial charge in [-0.2, -0.15) is 5.10 Å². The number of piperazine rings is 1. The summed E-state index contributed by atoms with van der Waals surface area (Å²) in [5, 5.41) is 25.2. The quantitative estimate of drug-likeness (QED) is 0.522. The van der Waals surface area contributed by atoms with E-state index in [0.29, 0.717) is 16.0 Å². The minimum absolute atomic E-state index is 0.0440. The average Bonchev–Trinajstić information content (AvgIpc) is 3.53. The molecular formula is C29H43N9OS. The fraction of sp³-hybridized carbons (Fsp3) is 0.759. The summed E-state index contributed by atoms with van der Waals surface area (Å²) in [6.45, 7) is 10.7. The van der Waals surface area contributed by atoms with E-state index in [-0.39, 0.29) is 23.4 Å². The van der Waals surface area contributed by atoms with Crippen molar-refractivity contribution in [3.63, 3.8) is 0 Å². The molecule has 4 atom stereocenters. The van der Waals surface area contributed by atoms with Crippen LogP contribution in [0.25, 0.3) is 0 Å². The lowest BCUT2D eigenvalue weighted by atomic mass is 9.39. The Hall–Kier alpha value is -2.37. The van der Waals surface area contributed by atoms with E-state index in [1.807, 2.05) is 12.1 Å². The van der Waals surface area contributed by atoms with Crippen LogP contribution in [-0.4, -0.2) is 94.5 Å². The number of nitrogens with zero attached hydrogens (tertiary/aromatic N) is 7. The summed E-state index contributed by atoms with van der Waals surface area (Å²) in [6.07, 6.45) is 10.2. The molecule has 2 aromatic rings. The molecule has 4 aliphatic carbocycles. The van der Waals surface area contributed by atoms with Crippen molar-refractivity contribution in [3.05, 3.63) is 18.3 Å². The lowest BCUT2D eigenvalue weighted by molar-refractivity contribution is -0.178. The van der Waals surface area contributed by atoms with Gasteiger partial charge >= 0.3 is 0 Å². The van der Waals surface area contributed by atoms with E-state index < -0.39 is 0 Å². The van der Waals surface area contributed by atoms with Crippen molar-refractivity contribution < 1.29 is 4.79 Å². The minimum atomic E-state index is -0.112. The van der Waals surface area contributed by atoms with Crippen LogP contribution in [0.5, 0.6) is 0 Å². The van der Waals surface area contributed by atoms with E-state index in [1.165, 1.54) is 49.9 Å². The molecule has 3 unspecified atom stereocenters. The normalized spacial score (nSPS) is 36.6. The molecule has 2 saturated heterocycles. The number of anilines is 3. The van der Waals surface area contributed by atoms with Gasteiger partial charge in [0.2, 0.25) is 16.2 Å². The lowest BCUT2D eigenvalue weighted by Crippen LogP contribution is -2.66. The van der Waals surface area contributed by atoms with E-state index in [2.05, 4.69) is 66.6 Å². The number of nitrogens with one attached hydrogen (secondary N) is 2. The summed E-state index contributed by atoms with van der Waals surface area (Å²) in [6, 6.07) is 4.06. The summed E-state index contributed by atoms with van der Waals surface area (Å²) in [5.74, 6) is 1.77. The Morgan fingerprint density at radius 1 is 1.00 bits per heavy atom. The summed E-state index contributed by atoms with van der Waals surface area (Å²) >= 11 is 1.45. The molecule has 0 radical (unpaired) electrons. The highest BCUT2D eigenvalue weighted by Crippen LogP contribution is 2.70. The third kappa shape index (κ3) is 4.98. The van der Waals surface area contributed by atoms with Crippen molar-refractivity contribution in [1.82, 2.24) is 30.2 Å². The van der Waals surface area contributed by atoms with Crippen molar-refractivity contribution in [3.8, 4) is 0 Å². The fourth-order valence-electron chi connectivity index (χ4n) is 9.98. The Labute approximate surface area is 241 Å². The highest BCUT2D eigenvalue weighted by Gasteiger charge is 2.64. The molecule has 0 aromatic carbocycles. The zero-order valence-corrected chi connectivity index (χ0v) is 24.9. The molecule has 8 rings (SSSR count). The Bertz CT molecular complexity index is 1210. The highest BCUT2D eigenvalue weighted by molar-refractivity contribution is 7.19. The molecule has 0 spiro atoms. The van der Waals surface area contributed by atoms with Crippen molar-refractivity contribution in [1.29, 1.82) is 0 Å². The fourth-order valence-corrected chi connectivity index (χ4v) is 10.7. The molecule has 4 heterocycles. The molecule has 11 heteroatoms. The first kappa shape index (κ1) is 26.5. The van der Waals surface area contributed by atoms with Gasteiger partial charge in [-0.05, 0) is 86.3 Å². The first-order valence-electron chi connectivity index (χ1n) is 15.1. The zero-order valence-electron chi connectivity index (χ0n) is 24.1. The number of carbonyl (C=O) groups is 1. The molecule has 40 heavy (non-hydrogen) atoms. The van der Waals surface area contributed by atoms with Gasteiger partial charge in [0.15, 0.2) is 5.82 Å². The first-order valence-corrected chi connectivity index (χ1v) is 15.9. The van der Waals surface area contributed by atoms with Gasteiger partial charge in [0.1, 0.15) is 0 Å². The Morgan fingerprint density at radius 2 is 1.75 bits per heavy atom. The summed E-state index contributed by atoms with van der Waals surface area (Å²) in [4.78, 5) is 21.4. The van der Waals surface area contributed by atoms with Gasteiger partial charge in [-0.3, -0.25) is 15.0 Å². The van der Waals surface area contributed by atoms with Crippen molar-refractivity contribution >= 4 is 33.3 Å². The smallest absolute Gasteiger partial charge is 0.244 e. The predicted molar refractivity (Wildman–Crippen MR) is 158 cm³/mol. The maximum atomic E-state index is 14.3. The topological polar surface area (TPSA) is 102 Å². The molecule has 216 valence electrons. The predicted octanol–water partition coefficient (Wildman–Crippen LogP) is 3.57. The molecule has 2 N–H and O–H groups in total. The lowest BCUT2D eigenvalue weighted by Gasteiger charge is -2.67. The third-order valence-electron chi connectivity index (χ3n) is 10.5. The van der Waals surface area contributed by atoms with Crippen molar-refractivity contribution in [2.75, 3.05) is 61.8 Å². The monoisotopic (exact) mass is 565 g/mol. The second-order valence-electron chi connectivity index (χ2n) is 14.3. The second-order valence-corrected chi connectivity index (χ2v) is 15.3. The summed E-state index contributed by atoms with van der Waals surface area (Å²) < 4.78 is 0. The molecule has 1 amide bonds. The van der Waals surface area contributed by atoms with Crippen LogP contribution in [0.4, 0.5) is 16.1 Å². The maximum absolute atomic E-state index is 14.3. The van der Waals surface area contributed by atoms with Gasteiger partial charge < -0.3 is 15.1 Å². The molecule has 4 saturated carbocycles. The van der Waals surface area contributed by atoms with Crippen LogP contribution in [-0.2, 0) is 4.79 Å². The van der Waals surface area contributed by atoms with E-state index in [1.54, 1.807) is 6.20 Å². The molecule has 6 aliphatic rings. The van der Waals surface area contributed by atoms with E-state index in [0.717, 1.165) is 62.6 Å². The van der Waals surface area contributed by atoms with Gasteiger partial charge in [0, 0.05) is 51.5 Å². The zero-order chi connectivity index (χ0) is 27.5. The van der Waals surface area contributed by atoms with Crippen molar-refractivity contribution in [2.24, 2.45) is 22.2 Å². The van der Waals surface area contributed by atoms with Crippen LogP contribution in [0.3, 0.4) is 0 Å². The Kier molecular flexibility index (Phi) is 6.55. The van der Waals surface area contributed by atoms with Gasteiger partial charge in [-0.15, -0.1) is 15.3 Å². The van der Waals surface area contributed by atoms with E-state index >= 15 is 0 Å². The second kappa shape index (κ2) is 9.87. The number of rotatable bonds is 7. The number of likely N-dealkylation sites (N-methyl/N-ethyl adjacent to an activating group) is 1. The largest absolute Gasteiger partial charge is 0.355 e. The molecule has 2 aliphatic heterocycles. The first-order chi connectivity index (χ1) is 19.2. The van der Waals surface area contributed by atoms with Crippen LogP contribution < -0.4 is 15.5 Å². The highest BCUT2D eigenvalue weighted by atomic mass is 32.1. The number of hydrogen-bond acceptors (Lipinski definition) is 10. The molecule has 4 bridgehead atoms. The molecular weight excluding hydrogens is 522 g/mol. The third-order valence-corrected chi connectivity index (χ3v) is 11.2. The Balaban J connectivity index is 1.07. The maximum Gasteiger partial charge on any atom is 0.244 e. The van der Waals surface area contributed by atoms with Gasteiger partial charge in [-0.25, -0.2) is 0 Å². The number of carbonyl (C=O) groups excluding carboxylic acids is 1. The van der Waals surface area contributed by atoms with Crippen LogP contribution in [0.1, 0.15) is 58.8 Å². The van der Waals surface area contributed by atoms with Crippen LogP contribution >= 0.6 is 11.3 Å². The van der Waals surface area contributed by atoms with Crippen molar-refractivity contribution in [2.45, 2.75) is 70.9 Å². The minimum Gasteiger partial charge on any atom is -0.355 e. The van der Waals surface area contributed by atoms with E-state index in [9.17, 15) is 4.79 Å². The average molecular weight is 566 g/mol. The SMILES string of the molecule is CN1CCN(C(C(=O)Nc2nnc(N[C@@H]3CCN(c4cccnn4)C3)s2)C23CC4CC(C)(CC(C)(C4)C2)C3)CC1. The van der Waals surface area contributed by atoms with Crippen LogP contribution in [0.15, 0.2) is 18.3 Å². The molecule has 6 fully saturated rings. The number of aromatic nitrogens is 4. The van der Waals surface area contributed by atoms with Crippen LogP contribution in [0, 0.1) is 22.2 Å². The van der Waals surface area contributed by atoms with Gasteiger partial charge in [-0.1, -0.05) is 25.2 Å². The molecule has 10 nitrogen and oxygen atoms in total. The number of amides is 1. The van der Waals surface area contributed by atoms with Gasteiger partial charge in [0.25, 0.3) is 0 Å². The van der Waals surface area contributed by atoms with Crippen LogP contribution in [0.2, 0.25) is 0 Å². The molecule has 2 aromatic heterocycles. The summed E-state index contributed by atoms with van der Waals surface area (Å²) in [5.41, 5.74) is 0.765. The summed E-state index contributed by atoms with van der Waals surface area (Å²) in [7, 11) is 2.19. The number of hydrogen-bond donors (Lipinski definition) is 2. The van der Waals surface area contributed by atoms with E-state index in [4.69, 9.17) is 0 Å². The standard InChI is InChI=1S/C29H43N9OS/c1-27-13-20-14-28(2,17-27)19-29(15-20,18-27)23(37-11-9-36(3)10-12-37)24(39)32-26-35-34-25(40-26)31-21-6-8-38(16-21)22-5-4-7-30-33-22/h4-5,7,20-21,23H,6,8-19H2,1-3H3,(H,31,34)(H,32,35,39)/t20?,21-,23?,27?,28?,29?/m1/s1. The Morgan fingerprint density at radius 3 is 2.45 bits per heavy atom.